The topological polar surface area (TPSA) is 64.1 Å². The van der Waals surface area contributed by atoms with Gasteiger partial charge in [-0.1, -0.05) is 19.8 Å². The number of nitrogens with zero attached hydrogens (tertiary/aromatic N) is 1. The van der Waals surface area contributed by atoms with Gasteiger partial charge < -0.3 is 14.3 Å². The number of aromatic nitrogens is 2. The Balaban J connectivity index is 2.07. The highest BCUT2D eigenvalue weighted by molar-refractivity contribution is 6.08. The summed E-state index contributed by atoms with van der Waals surface area (Å²) in [4.78, 5) is 28.8. The molecule has 3 rings (SSSR count). The molecule has 0 fully saturated rings. The van der Waals surface area contributed by atoms with Gasteiger partial charge in [0.25, 0.3) is 0 Å². The van der Waals surface area contributed by atoms with Gasteiger partial charge in [0.1, 0.15) is 0 Å². The van der Waals surface area contributed by atoms with Gasteiger partial charge in [0, 0.05) is 18.4 Å². The average molecular weight is 356 g/mol. The van der Waals surface area contributed by atoms with E-state index >= 15 is 0 Å². The van der Waals surface area contributed by atoms with Crippen LogP contribution in [0.2, 0.25) is 0 Å². The summed E-state index contributed by atoms with van der Waals surface area (Å²) in [6, 6.07) is 5.71. The van der Waals surface area contributed by atoms with E-state index in [9.17, 15) is 9.59 Å². The molecule has 0 saturated carbocycles. The standard InChI is InChI=1S/C21H28N2O3/c1-4-8-15-13-18-16(21(25)26-14(2)3)9-5-6-12-23(18)19(15)20(24)17-10-7-11-22-17/h7,10-11,13-14,16,22H,4-6,8-9,12H2,1-3H3. The lowest BCUT2D eigenvalue weighted by molar-refractivity contribution is -0.149. The smallest absolute Gasteiger partial charge is 0.315 e. The van der Waals surface area contributed by atoms with Crippen LogP contribution in [0.15, 0.2) is 24.4 Å². The molecule has 0 aromatic carbocycles. The first-order valence-electron chi connectivity index (χ1n) is 9.63. The third-order valence-electron chi connectivity index (χ3n) is 4.90. The lowest BCUT2D eigenvalue weighted by Gasteiger charge is -2.17. The fraction of sp³-hybridized carbons (Fsp3) is 0.524. The molecule has 1 aliphatic rings. The van der Waals surface area contributed by atoms with Gasteiger partial charge >= 0.3 is 5.97 Å². The van der Waals surface area contributed by atoms with Gasteiger partial charge in [-0.15, -0.1) is 0 Å². The van der Waals surface area contributed by atoms with Crippen LogP contribution in [0, 0.1) is 0 Å². The van der Waals surface area contributed by atoms with E-state index in [1.807, 2.05) is 19.9 Å². The van der Waals surface area contributed by atoms with E-state index in [-0.39, 0.29) is 23.8 Å². The summed E-state index contributed by atoms with van der Waals surface area (Å²) in [6.45, 7) is 6.62. The van der Waals surface area contributed by atoms with Crippen LogP contribution < -0.4 is 0 Å². The number of rotatable bonds is 6. The molecule has 5 nitrogen and oxygen atoms in total. The minimum atomic E-state index is -0.291. The zero-order chi connectivity index (χ0) is 18.7. The highest BCUT2D eigenvalue weighted by atomic mass is 16.5. The van der Waals surface area contributed by atoms with Crippen LogP contribution >= 0.6 is 0 Å². The molecule has 1 unspecified atom stereocenters. The van der Waals surface area contributed by atoms with Gasteiger partial charge in [0.2, 0.25) is 5.78 Å². The van der Waals surface area contributed by atoms with E-state index < -0.39 is 0 Å². The van der Waals surface area contributed by atoms with Crippen molar-refractivity contribution in [2.45, 2.75) is 71.4 Å². The average Bonchev–Trinajstić information content (AvgIpc) is 3.18. The van der Waals surface area contributed by atoms with Crippen LogP contribution in [0.1, 0.15) is 79.8 Å². The summed E-state index contributed by atoms with van der Waals surface area (Å²) < 4.78 is 7.58. The van der Waals surface area contributed by atoms with E-state index in [0.29, 0.717) is 5.69 Å². The number of carbonyl (C=O) groups excluding carboxylic acids is 2. The molecule has 5 heteroatoms. The van der Waals surface area contributed by atoms with Gasteiger partial charge in [0.15, 0.2) is 0 Å². The van der Waals surface area contributed by atoms with Gasteiger partial charge in [0.05, 0.1) is 23.4 Å². The van der Waals surface area contributed by atoms with Crippen molar-refractivity contribution in [2.75, 3.05) is 0 Å². The second kappa shape index (κ2) is 7.94. The number of hydrogen-bond donors (Lipinski definition) is 1. The second-order valence-electron chi connectivity index (χ2n) is 7.29. The van der Waals surface area contributed by atoms with E-state index in [1.165, 1.54) is 0 Å². The third kappa shape index (κ3) is 3.62. The van der Waals surface area contributed by atoms with Crippen molar-refractivity contribution in [3.63, 3.8) is 0 Å². The van der Waals surface area contributed by atoms with Crippen LogP contribution in [-0.4, -0.2) is 27.4 Å². The van der Waals surface area contributed by atoms with Gasteiger partial charge in [-0.25, -0.2) is 0 Å². The molecule has 0 amide bonds. The predicted molar refractivity (Wildman–Crippen MR) is 100 cm³/mol. The first-order valence-corrected chi connectivity index (χ1v) is 9.63. The van der Waals surface area contributed by atoms with Crippen LogP contribution in [0.5, 0.6) is 0 Å². The van der Waals surface area contributed by atoms with Crippen molar-refractivity contribution in [1.82, 2.24) is 9.55 Å². The Kier molecular flexibility index (Phi) is 5.64. The number of ketones is 1. The van der Waals surface area contributed by atoms with Crippen molar-refractivity contribution < 1.29 is 14.3 Å². The van der Waals surface area contributed by atoms with E-state index in [4.69, 9.17) is 4.74 Å². The molecule has 1 aliphatic heterocycles. The Morgan fingerprint density at radius 3 is 2.81 bits per heavy atom. The Hall–Kier alpha value is -2.30. The van der Waals surface area contributed by atoms with Gasteiger partial charge in [-0.05, 0) is 56.9 Å². The lowest BCUT2D eigenvalue weighted by Crippen LogP contribution is -2.22. The third-order valence-corrected chi connectivity index (χ3v) is 4.90. The summed E-state index contributed by atoms with van der Waals surface area (Å²) in [5.74, 6) is -0.467. The number of fused-ring (bicyclic) bond motifs is 1. The monoisotopic (exact) mass is 356 g/mol. The molecule has 0 saturated heterocycles. The minimum absolute atomic E-state index is 0.00239. The van der Waals surface area contributed by atoms with Crippen molar-refractivity contribution in [3.05, 3.63) is 47.0 Å². The molecule has 0 spiro atoms. The quantitative estimate of drug-likeness (QED) is 0.622. The number of H-pyrrole nitrogens is 1. The van der Waals surface area contributed by atoms with Crippen LogP contribution in [0.25, 0.3) is 0 Å². The molecule has 1 atom stereocenters. The first kappa shape index (κ1) is 18.5. The van der Waals surface area contributed by atoms with Crippen LogP contribution in [-0.2, 0) is 22.5 Å². The van der Waals surface area contributed by atoms with E-state index in [1.54, 1.807) is 12.3 Å². The summed E-state index contributed by atoms with van der Waals surface area (Å²) in [6.07, 6.45) is 6.11. The Morgan fingerprint density at radius 1 is 1.35 bits per heavy atom. The fourth-order valence-electron chi connectivity index (χ4n) is 3.80. The number of carbonyl (C=O) groups is 2. The summed E-state index contributed by atoms with van der Waals surface area (Å²) >= 11 is 0. The Morgan fingerprint density at radius 2 is 2.15 bits per heavy atom. The zero-order valence-electron chi connectivity index (χ0n) is 15.9. The van der Waals surface area contributed by atoms with Crippen LogP contribution in [0.3, 0.4) is 0 Å². The predicted octanol–water partition coefficient (Wildman–Crippen LogP) is 4.22. The second-order valence-corrected chi connectivity index (χ2v) is 7.29. The van der Waals surface area contributed by atoms with Crippen molar-refractivity contribution in [1.29, 1.82) is 0 Å². The zero-order valence-corrected chi connectivity index (χ0v) is 15.9. The van der Waals surface area contributed by atoms with Crippen molar-refractivity contribution in [3.8, 4) is 0 Å². The highest BCUT2D eigenvalue weighted by Gasteiger charge is 2.32. The molecule has 2 aromatic rings. The van der Waals surface area contributed by atoms with Crippen molar-refractivity contribution >= 4 is 11.8 Å². The maximum atomic E-state index is 13.1. The van der Waals surface area contributed by atoms with Crippen LogP contribution in [0.4, 0.5) is 0 Å². The fourth-order valence-corrected chi connectivity index (χ4v) is 3.80. The number of ether oxygens (including phenoxy) is 1. The molecule has 26 heavy (non-hydrogen) atoms. The SMILES string of the molecule is CCCc1cc2n(c1C(=O)c1ccc[nH]1)CCCCC2C(=O)OC(C)C. The molecular weight excluding hydrogens is 328 g/mol. The molecule has 0 radical (unpaired) electrons. The number of aromatic amines is 1. The maximum Gasteiger partial charge on any atom is 0.315 e. The number of esters is 1. The Bertz CT molecular complexity index is 772. The van der Waals surface area contributed by atoms with Gasteiger partial charge in [-0.3, -0.25) is 9.59 Å². The number of nitrogens with one attached hydrogen (secondary N) is 1. The molecule has 3 heterocycles. The largest absolute Gasteiger partial charge is 0.462 e. The molecular formula is C21H28N2O3. The van der Waals surface area contributed by atoms with E-state index in [2.05, 4.69) is 22.5 Å². The molecule has 140 valence electrons. The Labute approximate surface area is 154 Å². The minimum Gasteiger partial charge on any atom is -0.462 e. The summed E-state index contributed by atoms with van der Waals surface area (Å²) in [5.41, 5.74) is 3.29. The van der Waals surface area contributed by atoms with E-state index in [0.717, 1.165) is 55.6 Å². The highest BCUT2D eigenvalue weighted by Crippen LogP contribution is 2.33. The number of aryl methyl sites for hydroxylation is 1. The molecule has 2 aromatic heterocycles. The summed E-state index contributed by atoms with van der Waals surface area (Å²) in [7, 11) is 0. The summed E-state index contributed by atoms with van der Waals surface area (Å²) in [5, 5.41) is 0. The molecule has 0 aliphatic carbocycles. The molecule has 0 bridgehead atoms. The number of hydrogen-bond acceptors (Lipinski definition) is 3. The van der Waals surface area contributed by atoms with Gasteiger partial charge in [-0.2, -0.15) is 0 Å². The van der Waals surface area contributed by atoms with Crippen molar-refractivity contribution in [2.24, 2.45) is 0 Å². The maximum absolute atomic E-state index is 13.1. The molecule has 1 N–H and O–H groups in total. The lowest BCUT2D eigenvalue weighted by atomic mass is 9.98. The first-order chi connectivity index (χ1) is 12.5. The normalized spacial score (nSPS) is 17.0.